The lowest BCUT2D eigenvalue weighted by Crippen LogP contribution is -2.15. The van der Waals surface area contributed by atoms with Crippen LogP contribution in [0.15, 0.2) is 42.6 Å². The molecule has 0 atom stereocenters. The van der Waals surface area contributed by atoms with Crippen LogP contribution in [0.5, 0.6) is 11.8 Å². The Labute approximate surface area is 138 Å². The first-order chi connectivity index (χ1) is 11.3. The van der Waals surface area contributed by atoms with E-state index in [1.807, 2.05) is 0 Å². The van der Waals surface area contributed by atoms with E-state index in [-0.39, 0.29) is 22.5 Å². The van der Waals surface area contributed by atoms with Crippen LogP contribution in [0.4, 0.5) is 23.2 Å². The molecule has 10 heteroatoms. The molecule has 0 aliphatic carbocycles. The van der Waals surface area contributed by atoms with E-state index < -0.39 is 24.5 Å². The van der Waals surface area contributed by atoms with E-state index in [4.69, 9.17) is 16.3 Å². The maximum Gasteiger partial charge on any atom is 0.450 e. The number of alkyl halides is 3. The summed E-state index contributed by atoms with van der Waals surface area (Å²) >= 11 is 5.65. The van der Waals surface area contributed by atoms with Crippen molar-refractivity contribution in [2.24, 2.45) is 0 Å². The molecular formula is C14H8ClF4N3O2. The van der Waals surface area contributed by atoms with Gasteiger partial charge in [-0.15, -0.1) is 0 Å². The van der Waals surface area contributed by atoms with Gasteiger partial charge in [-0.1, -0.05) is 17.7 Å². The normalized spacial score (nSPS) is 14.4. The highest BCUT2D eigenvalue weighted by atomic mass is 35.5. The minimum absolute atomic E-state index is 0.0689. The van der Waals surface area contributed by atoms with Gasteiger partial charge in [0.25, 0.3) is 0 Å². The maximum atomic E-state index is 14.1. The molecule has 1 aromatic heterocycles. The number of rotatable bonds is 3. The predicted molar refractivity (Wildman–Crippen MR) is 76.1 cm³/mol. The first-order valence-corrected chi connectivity index (χ1v) is 6.85. The third-order valence-electron chi connectivity index (χ3n) is 2.95. The third kappa shape index (κ3) is 3.35. The SMILES string of the molecule is Fc1cccc(Oc2ncc(Cl)cn2)c1N1C=C(C(F)(F)F)OC1. The maximum absolute atomic E-state index is 14.1. The number of anilines is 1. The van der Waals surface area contributed by atoms with Gasteiger partial charge in [0.1, 0.15) is 5.69 Å². The number of nitrogens with zero attached hydrogens (tertiary/aromatic N) is 3. The highest BCUT2D eigenvalue weighted by Crippen LogP contribution is 2.38. The summed E-state index contributed by atoms with van der Waals surface area (Å²) in [5, 5.41) is 0.271. The van der Waals surface area contributed by atoms with Crippen molar-refractivity contribution < 1.29 is 27.0 Å². The molecule has 0 saturated carbocycles. The number of halogens is 5. The first-order valence-electron chi connectivity index (χ1n) is 6.47. The zero-order valence-electron chi connectivity index (χ0n) is 11.7. The largest absolute Gasteiger partial charge is 0.466 e. The highest BCUT2D eigenvalue weighted by Gasteiger charge is 2.40. The summed E-state index contributed by atoms with van der Waals surface area (Å²) < 4.78 is 62.0. The second kappa shape index (κ2) is 6.16. The van der Waals surface area contributed by atoms with E-state index in [9.17, 15) is 17.6 Å². The van der Waals surface area contributed by atoms with Crippen LogP contribution in [0, 0.1) is 5.82 Å². The lowest BCUT2D eigenvalue weighted by atomic mass is 10.2. The molecule has 3 rings (SSSR count). The van der Waals surface area contributed by atoms with Gasteiger partial charge in [0.15, 0.2) is 18.3 Å². The van der Waals surface area contributed by atoms with E-state index in [1.54, 1.807) is 0 Å². The third-order valence-corrected chi connectivity index (χ3v) is 3.14. The van der Waals surface area contributed by atoms with Gasteiger partial charge < -0.3 is 14.4 Å². The van der Waals surface area contributed by atoms with E-state index in [0.29, 0.717) is 6.20 Å². The average molecular weight is 362 g/mol. The Kier molecular flexibility index (Phi) is 4.18. The van der Waals surface area contributed by atoms with Crippen molar-refractivity contribution in [1.82, 2.24) is 9.97 Å². The van der Waals surface area contributed by atoms with E-state index in [1.165, 1.54) is 24.5 Å². The van der Waals surface area contributed by atoms with Gasteiger partial charge >= 0.3 is 12.2 Å². The second-order valence-electron chi connectivity index (χ2n) is 4.61. The van der Waals surface area contributed by atoms with Crippen LogP contribution < -0.4 is 9.64 Å². The van der Waals surface area contributed by atoms with Gasteiger partial charge in [-0.2, -0.15) is 13.2 Å². The van der Waals surface area contributed by atoms with Crippen molar-refractivity contribution >= 4 is 17.3 Å². The van der Waals surface area contributed by atoms with Gasteiger partial charge in [0.05, 0.1) is 23.6 Å². The molecule has 2 heterocycles. The van der Waals surface area contributed by atoms with Crippen LogP contribution in [-0.2, 0) is 4.74 Å². The Morgan fingerprint density at radius 2 is 1.92 bits per heavy atom. The number of allylic oxidation sites excluding steroid dienone is 1. The molecule has 2 aromatic rings. The van der Waals surface area contributed by atoms with Crippen LogP contribution in [0.3, 0.4) is 0 Å². The van der Waals surface area contributed by atoms with Gasteiger partial charge in [0, 0.05) is 0 Å². The second-order valence-corrected chi connectivity index (χ2v) is 5.04. The summed E-state index contributed by atoms with van der Waals surface area (Å²) in [6.07, 6.45) is -1.47. The molecule has 126 valence electrons. The smallest absolute Gasteiger partial charge is 0.450 e. The summed E-state index contributed by atoms with van der Waals surface area (Å²) in [4.78, 5) is 8.53. The monoisotopic (exact) mass is 361 g/mol. The summed E-state index contributed by atoms with van der Waals surface area (Å²) in [5.41, 5.74) is -0.227. The molecule has 0 N–H and O–H groups in total. The Hall–Kier alpha value is -2.55. The van der Waals surface area contributed by atoms with Crippen molar-refractivity contribution in [1.29, 1.82) is 0 Å². The van der Waals surface area contributed by atoms with Crippen LogP contribution in [0.1, 0.15) is 0 Å². The van der Waals surface area contributed by atoms with Gasteiger partial charge in [-0.05, 0) is 12.1 Å². The van der Waals surface area contributed by atoms with E-state index in [0.717, 1.165) is 11.0 Å². The summed E-state index contributed by atoms with van der Waals surface area (Å²) in [6.45, 7) is -0.506. The Balaban J connectivity index is 1.94. The average Bonchev–Trinajstić information content (AvgIpc) is 2.99. The molecule has 5 nitrogen and oxygen atoms in total. The predicted octanol–water partition coefficient (Wildman–Crippen LogP) is 4.26. The Bertz CT molecular complexity index is 781. The standard InChI is InChI=1S/C14H8ClF4N3O2/c15-8-4-20-13(21-5-8)24-10-3-1-2-9(16)12(10)22-6-11(23-7-22)14(17,18)19/h1-6H,7H2. The molecule has 0 radical (unpaired) electrons. The molecule has 0 spiro atoms. The quantitative estimate of drug-likeness (QED) is 0.764. The number of aromatic nitrogens is 2. The molecule has 1 aliphatic rings. The number of benzene rings is 1. The molecule has 24 heavy (non-hydrogen) atoms. The van der Waals surface area contributed by atoms with Crippen LogP contribution in [0.2, 0.25) is 5.02 Å². The minimum atomic E-state index is -4.67. The zero-order chi connectivity index (χ0) is 17.3. The zero-order valence-corrected chi connectivity index (χ0v) is 12.5. The van der Waals surface area contributed by atoms with E-state index >= 15 is 0 Å². The van der Waals surface area contributed by atoms with E-state index in [2.05, 4.69) is 14.7 Å². The van der Waals surface area contributed by atoms with Crippen molar-refractivity contribution in [2.75, 3.05) is 11.6 Å². The number of hydrogen-bond acceptors (Lipinski definition) is 5. The Morgan fingerprint density at radius 3 is 2.54 bits per heavy atom. The molecule has 0 amide bonds. The molecule has 0 unspecified atom stereocenters. The fraction of sp³-hybridized carbons (Fsp3) is 0.143. The van der Waals surface area contributed by atoms with Crippen molar-refractivity contribution in [2.45, 2.75) is 6.18 Å². The van der Waals surface area contributed by atoms with Gasteiger partial charge in [0.2, 0.25) is 5.76 Å². The summed E-state index contributed by atoms with van der Waals surface area (Å²) in [5.74, 6) is -2.08. The molecule has 0 saturated heterocycles. The van der Waals surface area contributed by atoms with Gasteiger partial charge in [-0.25, -0.2) is 14.4 Å². The lowest BCUT2D eigenvalue weighted by molar-refractivity contribution is -0.126. The van der Waals surface area contributed by atoms with Crippen LogP contribution in [-0.4, -0.2) is 22.9 Å². The molecule has 0 bridgehead atoms. The highest BCUT2D eigenvalue weighted by molar-refractivity contribution is 6.30. The summed E-state index contributed by atoms with van der Waals surface area (Å²) in [7, 11) is 0. The fourth-order valence-corrected chi connectivity index (χ4v) is 2.05. The Morgan fingerprint density at radius 1 is 1.21 bits per heavy atom. The molecule has 1 aromatic carbocycles. The van der Waals surface area contributed by atoms with Crippen molar-refractivity contribution in [3.63, 3.8) is 0 Å². The number of para-hydroxylation sites is 1. The van der Waals surface area contributed by atoms with Crippen molar-refractivity contribution in [3.05, 3.63) is 53.4 Å². The first kappa shape index (κ1) is 16.3. The number of ether oxygens (including phenoxy) is 2. The minimum Gasteiger partial charge on any atom is -0.466 e. The molecule has 1 aliphatic heterocycles. The van der Waals surface area contributed by atoms with Crippen LogP contribution >= 0.6 is 11.6 Å². The lowest BCUT2D eigenvalue weighted by Gasteiger charge is -2.18. The molecule has 0 fully saturated rings. The van der Waals surface area contributed by atoms with Crippen LogP contribution in [0.25, 0.3) is 0 Å². The summed E-state index contributed by atoms with van der Waals surface area (Å²) in [6, 6.07) is 3.67. The van der Waals surface area contributed by atoms with Crippen molar-refractivity contribution in [3.8, 4) is 11.8 Å². The molecular weight excluding hydrogens is 354 g/mol. The number of hydrogen-bond donors (Lipinski definition) is 0. The van der Waals surface area contributed by atoms with Gasteiger partial charge in [-0.3, -0.25) is 0 Å². The topological polar surface area (TPSA) is 47.5 Å². The fourth-order valence-electron chi connectivity index (χ4n) is 1.95.